The van der Waals surface area contributed by atoms with Crippen LogP contribution in [0.3, 0.4) is 0 Å². The Bertz CT molecular complexity index is 5410. The Hall–Kier alpha value is -8.93. The Labute approximate surface area is 746 Å². The van der Waals surface area contributed by atoms with E-state index in [0.29, 0.717) is 41.2 Å². The molecule has 10 heterocycles. The average molecular weight is 1830 g/mol. The van der Waals surface area contributed by atoms with Crippen LogP contribution in [0.2, 0.25) is 0 Å². The highest BCUT2D eigenvalue weighted by molar-refractivity contribution is 7.85. The summed E-state index contributed by atoms with van der Waals surface area (Å²) in [6.07, 6.45) is 10.9. The number of aliphatic hydroxyl groups excluding tert-OH is 3. The van der Waals surface area contributed by atoms with Crippen molar-refractivity contribution >= 4 is 130 Å². The molecule has 15 rings (SSSR count). The molecule has 122 heavy (non-hydrogen) atoms. The van der Waals surface area contributed by atoms with E-state index >= 15 is 0 Å². The summed E-state index contributed by atoms with van der Waals surface area (Å²) in [5, 5.41) is 60.6. The second kappa shape index (κ2) is 53.3. The van der Waals surface area contributed by atoms with Gasteiger partial charge < -0.3 is 51.4 Å². The van der Waals surface area contributed by atoms with Crippen molar-refractivity contribution in [1.29, 1.82) is 0 Å². The molecule has 0 spiro atoms. The van der Waals surface area contributed by atoms with Crippen LogP contribution < -0.4 is 21.7 Å². The number of amides is 1. The zero-order valence-electron chi connectivity index (χ0n) is 70.3. The predicted octanol–water partition coefficient (Wildman–Crippen LogP) is 16.1. The van der Waals surface area contributed by atoms with E-state index in [4.69, 9.17) is 36.3 Å². The minimum atomic E-state index is -3.36. The number of nitrogens with two attached hydrogens (primary N) is 2. The van der Waals surface area contributed by atoms with Crippen LogP contribution in [0.1, 0.15) is 177 Å². The minimum absolute atomic E-state index is 0.0104. The van der Waals surface area contributed by atoms with Gasteiger partial charge in [0.05, 0.1) is 122 Å². The summed E-state index contributed by atoms with van der Waals surface area (Å²) in [6.45, 7) is 14.3. The van der Waals surface area contributed by atoms with Crippen LogP contribution in [-0.4, -0.2) is 143 Å². The van der Waals surface area contributed by atoms with Gasteiger partial charge in [0.2, 0.25) is 0 Å². The van der Waals surface area contributed by atoms with Gasteiger partial charge in [0, 0.05) is 119 Å². The molecular weight excluding hydrogens is 1720 g/mol. The topological polar surface area (TPSA) is 361 Å². The number of fused-ring (bicyclic) bond motifs is 1. The zero-order valence-corrected chi connectivity index (χ0v) is 77.7. The van der Waals surface area contributed by atoms with Crippen LogP contribution in [0.25, 0.3) is 11.0 Å². The largest absolute Gasteiger partial charge is 0.390 e. The number of benzene rings is 5. The molecule has 5 aromatic carbocycles. The summed E-state index contributed by atoms with van der Waals surface area (Å²) in [5.74, 6) is 0. The SMILES string of the molecule is CCc1nc(CO)cs1.CCc1nc(COS(C)(=O)=O)cs1.CCc1nc(Cc2ccccc2C2OCCCO2)cs1.CCc1nc(Cc2ccccc2C=O)cs1.CCc1nc(Cc2ccccc2CN(C)C)cs1.CN(C)c1ccccc1Cc1csc(CN)n1.NCc1nc(CO)cs1.O=C(NCc1nc(CO)cs1)n1nnc2ccccc21. The lowest BCUT2D eigenvalue weighted by Gasteiger charge is -2.25. The lowest BCUT2D eigenvalue weighted by atomic mass is 10.0. The van der Waals surface area contributed by atoms with Crippen molar-refractivity contribution < 1.29 is 47.0 Å². The van der Waals surface area contributed by atoms with Crippen molar-refractivity contribution in [3.05, 3.63) is 289 Å². The number of para-hydroxylation sites is 2. The van der Waals surface area contributed by atoms with Gasteiger partial charge in [0.15, 0.2) is 6.29 Å². The van der Waals surface area contributed by atoms with Crippen molar-refractivity contribution in [2.24, 2.45) is 11.5 Å². The van der Waals surface area contributed by atoms with E-state index in [1.807, 2.05) is 65.5 Å². The number of hydrogen-bond acceptors (Lipinski definition) is 32. The minimum Gasteiger partial charge on any atom is -0.390 e. The number of aldehydes is 1. The van der Waals surface area contributed by atoms with Crippen molar-refractivity contribution in [1.82, 2.24) is 65.1 Å². The number of anilines is 1. The van der Waals surface area contributed by atoms with Gasteiger partial charge in [-0.2, -0.15) is 13.1 Å². The van der Waals surface area contributed by atoms with Gasteiger partial charge in [-0.1, -0.05) is 143 Å². The molecular formula is C87H108N16O10S9. The standard InChI is InChI=1S/C16H19NO2S.C15H20N2S.C13H17N3S.C13H13NOS.C12H11N5O2S.C7H11NO3S2.C6H9NOS.C5H8N2OS/c1-2-15-17-13(11-20-15)10-12-6-3-4-7-14(12)16-18-8-5-9-19-16;1-4-15-16-14(11-18-15)9-12-7-5-6-8-13(12)10-17(2)3;1-16(2)12-6-4-3-5-10(12)7-11-9-17-13(8-14)15-11;1-2-13-14-12(9-16-13)7-10-5-3-4-6-11(10)8-15;18-6-8-7-20-11(14-8)5-13-12(19)17-10-4-2-1-3-9(10)15-16-17;1-3-7-8-6(5-12-7)4-11-13(2,9)10;1-2-6-7-5(3-8)4-9-6;6-1-5-7-4(2-8)3-9-5/h3-4,6-7,11,16H,2,5,8-10H2,1H3;5-8,11H,4,9-10H2,1-3H3;3-6,9H,7-8,14H2,1-2H3;3-6,8-9H,2,7H2,1H3;1-4,7,18H,5-6H2,(H,13,19);5H,3-4H2,1-2H3;4,8H,2-3H2,1H3;3,8H,1-2,6H2. The molecule has 650 valence electrons. The lowest BCUT2D eigenvalue weighted by molar-refractivity contribution is -0.183. The summed E-state index contributed by atoms with van der Waals surface area (Å²) >= 11 is 12.8. The molecule has 0 aliphatic carbocycles. The summed E-state index contributed by atoms with van der Waals surface area (Å²) in [6, 6.07) is 39.9. The highest BCUT2D eigenvalue weighted by atomic mass is 32.2. The quantitative estimate of drug-likeness (QED) is 0.0196. The van der Waals surface area contributed by atoms with Crippen LogP contribution in [-0.2, 0) is 134 Å². The zero-order chi connectivity index (χ0) is 87.6. The number of aromatic nitrogens is 11. The first-order valence-corrected chi connectivity index (χ1v) is 48.4. The fraction of sp³-hybridized carbons (Fsp3) is 0.356. The van der Waals surface area contributed by atoms with Gasteiger partial charge >= 0.3 is 6.03 Å². The number of carbonyl (C=O) groups excluding carboxylic acids is 2. The molecule has 1 amide bonds. The summed E-state index contributed by atoms with van der Waals surface area (Å²) in [5.41, 5.74) is 28.9. The number of nitrogens with zero attached hydrogens (tertiary/aromatic N) is 13. The van der Waals surface area contributed by atoms with Crippen LogP contribution in [0.4, 0.5) is 10.5 Å². The number of carbonyl (C=O) groups is 2. The second-order valence-corrected chi connectivity index (χ2v) is 36.5. The van der Waals surface area contributed by atoms with Crippen LogP contribution in [0.5, 0.6) is 0 Å². The molecule has 1 aliphatic heterocycles. The number of aliphatic hydroxyl groups is 3. The maximum Gasteiger partial charge on any atom is 0.344 e. The smallest absolute Gasteiger partial charge is 0.344 e. The molecule has 0 bridgehead atoms. The van der Waals surface area contributed by atoms with Gasteiger partial charge in [0.25, 0.3) is 10.1 Å². The molecule has 1 saturated heterocycles. The Kier molecular flexibility index (Phi) is 43.0. The highest BCUT2D eigenvalue weighted by Gasteiger charge is 2.21. The van der Waals surface area contributed by atoms with Crippen molar-refractivity contribution in [3.63, 3.8) is 0 Å². The van der Waals surface area contributed by atoms with Gasteiger partial charge in [-0.25, -0.2) is 44.7 Å². The van der Waals surface area contributed by atoms with Crippen LogP contribution in [0.15, 0.2) is 164 Å². The number of aryl methyl sites for hydroxylation is 5. The number of rotatable bonds is 28. The fourth-order valence-corrected chi connectivity index (χ4v) is 17.5. The molecule has 0 saturated carbocycles. The van der Waals surface area contributed by atoms with Crippen molar-refractivity contribution in [2.75, 3.05) is 52.6 Å². The molecule has 1 fully saturated rings. The summed E-state index contributed by atoms with van der Waals surface area (Å²) < 4.78 is 38.5. The third kappa shape index (κ3) is 33.6. The molecule has 9 aromatic heterocycles. The first-order chi connectivity index (χ1) is 59.1. The lowest BCUT2D eigenvalue weighted by Crippen LogP contribution is -2.28. The van der Waals surface area contributed by atoms with E-state index < -0.39 is 10.1 Å². The molecule has 0 radical (unpaired) electrons. The Morgan fingerprint density at radius 3 is 1.36 bits per heavy atom. The summed E-state index contributed by atoms with van der Waals surface area (Å²) in [4.78, 5) is 62.0. The predicted molar refractivity (Wildman–Crippen MR) is 496 cm³/mol. The van der Waals surface area contributed by atoms with E-state index in [0.717, 1.165) is 166 Å². The average Bonchev–Trinajstić information content (AvgIpc) is 0.976. The normalized spacial score (nSPS) is 11.7. The Balaban J connectivity index is 0.000000176. The van der Waals surface area contributed by atoms with E-state index in [9.17, 15) is 18.0 Å². The Morgan fingerprint density at radius 2 is 0.885 bits per heavy atom. The summed E-state index contributed by atoms with van der Waals surface area (Å²) in [7, 11) is 4.98. The number of ether oxygens (including phenoxy) is 2. The van der Waals surface area contributed by atoms with Crippen LogP contribution in [0, 0.1) is 0 Å². The van der Waals surface area contributed by atoms with Gasteiger partial charge in [-0.3, -0.25) is 8.98 Å². The molecule has 0 unspecified atom stereocenters. The van der Waals surface area contributed by atoms with E-state index in [2.05, 4.69) is 214 Å². The molecule has 1 aliphatic rings. The fourth-order valence-electron chi connectivity index (χ4n) is 11.4. The van der Waals surface area contributed by atoms with E-state index in [-0.39, 0.29) is 45.3 Å². The van der Waals surface area contributed by atoms with Crippen molar-refractivity contribution in [2.45, 2.75) is 158 Å². The molecule has 26 nitrogen and oxygen atoms in total. The Morgan fingerprint density at radius 1 is 0.500 bits per heavy atom. The third-order valence-electron chi connectivity index (χ3n) is 17.4. The second-order valence-electron chi connectivity index (χ2n) is 27.3. The molecule has 35 heteroatoms. The van der Waals surface area contributed by atoms with Gasteiger partial charge in [-0.05, 0) is 98.6 Å². The number of thiazole rings is 8. The van der Waals surface area contributed by atoms with E-state index in [1.165, 1.54) is 82.3 Å². The monoisotopic (exact) mass is 1820 g/mol. The number of nitrogens with one attached hydrogen (secondary N) is 1. The maximum absolute atomic E-state index is 12.0. The van der Waals surface area contributed by atoms with Crippen LogP contribution >= 0.6 is 90.7 Å². The third-order valence-corrected chi connectivity index (χ3v) is 25.9. The first-order valence-electron chi connectivity index (χ1n) is 39.5. The first kappa shape index (κ1) is 98.5. The molecule has 0 atom stereocenters. The van der Waals surface area contributed by atoms with Gasteiger partial charge in [0.1, 0.15) is 33.4 Å². The molecule has 8 N–H and O–H groups in total. The van der Waals surface area contributed by atoms with E-state index in [1.54, 1.807) is 74.2 Å². The number of hydrogen-bond donors (Lipinski definition) is 6. The molecule has 14 aromatic rings. The van der Waals surface area contributed by atoms with Gasteiger partial charge in [-0.15, -0.1) is 95.8 Å². The highest BCUT2D eigenvalue weighted by Crippen LogP contribution is 2.29. The van der Waals surface area contributed by atoms with Crippen molar-refractivity contribution in [3.8, 4) is 0 Å². The maximum atomic E-state index is 12.0.